The highest BCUT2D eigenvalue weighted by Crippen LogP contribution is 2.28. The van der Waals surface area contributed by atoms with Gasteiger partial charge in [-0.15, -0.1) is 11.3 Å². The second-order valence-electron chi connectivity index (χ2n) is 7.55. The van der Waals surface area contributed by atoms with Crippen LogP contribution >= 0.6 is 23.1 Å². The van der Waals surface area contributed by atoms with Gasteiger partial charge in [-0.1, -0.05) is 30.0 Å². The van der Waals surface area contributed by atoms with Crippen LogP contribution in [0.5, 0.6) is 0 Å². The summed E-state index contributed by atoms with van der Waals surface area (Å²) in [6.45, 7) is 5.97. The summed E-state index contributed by atoms with van der Waals surface area (Å²) >= 11 is 2.79. The van der Waals surface area contributed by atoms with E-state index in [-0.39, 0.29) is 23.1 Å². The first-order valence-electron chi connectivity index (χ1n) is 10.1. The number of hydrogen-bond donors (Lipinski definition) is 0. The molecule has 162 valence electrons. The zero-order valence-electron chi connectivity index (χ0n) is 17.8. The number of amides is 2. The van der Waals surface area contributed by atoms with Gasteiger partial charge in [0.15, 0.2) is 5.16 Å². The number of thiophene rings is 1. The number of hydrogen-bond acceptors (Lipinski definition) is 6. The van der Waals surface area contributed by atoms with Crippen molar-refractivity contribution in [3.8, 4) is 0 Å². The zero-order valence-corrected chi connectivity index (χ0v) is 19.4. The van der Waals surface area contributed by atoms with Gasteiger partial charge in [0, 0.05) is 43.7 Å². The second kappa shape index (κ2) is 8.84. The maximum atomic E-state index is 12.7. The van der Waals surface area contributed by atoms with E-state index in [1.807, 2.05) is 32.0 Å². The van der Waals surface area contributed by atoms with E-state index in [0.29, 0.717) is 42.3 Å². The number of rotatable bonds is 4. The number of carbonyl (C=O) groups is 2. The largest absolute Gasteiger partial charge is 0.338 e. The average Bonchev–Trinajstić information content (AvgIpc) is 3.08. The number of carbonyl (C=O) groups excluding carboxylic acids is 2. The maximum absolute atomic E-state index is 12.7. The van der Waals surface area contributed by atoms with Gasteiger partial charge in [0.2, 0.25) is 5.91 Å². The minimum atomic E-state index is -0.0742. The van der Waals surface area contributed by atoms with Crippen LogP contribution in [0.2, 0.25) is 0 Å². The van der Waals surface area contributed by atoms with Gasteiger partial charge in [0.05, 0.1) is 11.1 Å². The predicted molar refractivity (Wildman–Crippen MR) is 124 cm³/mol. The molecule has 0 N–H and O–H groups in total. The second-order valence-corrected chi connectivity index (χ2v) is 9.70. The lowest BCUT2D eigenvalue weighted by molar-refractivity contribution is -0.129. The van der Waals surface area contributed by atoms with Crippen LogP contribution < -0.4 is 5.56 Å². The van der Waals surface area contributed by atoms with Crippen LogP contribution in [0.3, 0.4) is 0 Å². The Kier molecular flexibility index (Phi) is 6.15. The smallest absolute Gasteiger partial charge is 0.262 e. The van der Waals surface area contributed by atoms with E-state index in [4.69, 9.17) is 0 Å². The molecule has 31 heavy (non-hydrogen) atoms. The van der Waals surface area contributed by atoms with Gasteiger partial charge in [0.25, 0.3) is 11.5 Å². The molecule has 1 aromatic carbocycles. The summed E-state index contributed by atoms with van der Waals surface area (Å²) in [6.07, 6.45) is 0. The number of benzene rings is 1. The van der Waals surface area contributed by atoms with E-state index in [0.717, 1.165) is 15.3 Å². The minimum Gasteiger partial charge on any atom is -0.338 e. The van der Waals surface area contributed by atoms with Crippen molar-refractivity contribution in [3.63, 3.8) is 0 Å². The van der Waals surface area contributed by atoms with E-state index in [9.17, 15) is 14.4 Å². The first-order chi connectivity index (χ1) is 14.9. The Balaban J connectivity index is 1.37. The molecule has 4 rings (SSSR count). The van der Waals surface area contributed by atoms with E-state index in [1.54, 1.807) is 29.0 Å². The molecule has 1 saturated heterocycles. The lowest BCUT2D eigenvalue weighted by Gasteiger charge is -2.34. The van der Waals surface area contributed by atoms with Crippen LogP contribution in [0, 0.1) is 13.8 Å². The number of thioether (sulfide) groups is 1. The Morgan fingerprint density at radius 3 is 2.39 bits per heavy atom. The molecule has 0 atom stereocenters. The van der Waals surface area contributed by atoms with Gasteiger partial charge < -0.3 is 9.80 Å². The van der Waals surface area contributed by atoms with Crippen molar-refractivity contribution in [2.75, 3.05) is 31.9 Å². The molecule has 0 saturated carbocycles. The van der Waals surface area contributed by atoms with E-state index < -0.39 is 0 Å². The third-order valence-corrected chi connectivity index (χ3v) is 7.75. The molecule has 7 nitrogen and oxygen atoms in total. The van der Waals surface area contributed by atoms with Gasteiger partial charge in [-0.05, 0) is 31.5 Å². The molecule has 1 aliphatic heterocycles. The van der Waals surface area contributed by atoms with Gasteiger partial charge in [-0.25, -0.2) is 4.98 Å². The Bertz CT molecular complexity index is 1190. The summed E-state index contributed by atoms with van der Waals surface area (Å²) in [4.78, 5) is 48.0. The summed E-state index contributed by atoms with van der Waals surface area (Å²) in [5.41, 5.74) is 1.57. The molecule has 0 bridgehead atoms. The number of aryl methyl sites for hydroxylation is 2. The highest BCUT2D eigenvalue weighted by Gasteiger charge is 2.25. The van der Waals surface area contributed by atoms with Crippen LogP contribution in [-0.4, -0.2) is 63.1 Å². The Hall–Kier alpha value is -2.65. The molecular formula is C22H24N4O3S2. The van der Waals surface area contributed by atoms with Crippen molar-refractivity contribution in [3.05, 3.63) is 56.7 Å². The number of fused-ring (bicyclic) bond motifs is 1. The fourth-order valence-corrected chi connectivity index (χ4v) is 5.57. The van der Waals surface area contributed by atoms with E-state index >= 15 is 0 Å². The quantitative estimate of drug-likeness (QED) is 0.446. The fourth-order valence-electron chi connectivity index (χ4n) is 3.62. The van der Waals surface area contributed by atoms with Crippen LogP contribution in [0.25, 0.3) is 10.2 Å². The molecule has 9 heteroatoms. The third kappa shape index (κ3) is 4.24. The lowest BCUT2D eigenvalue weighted by Crippen LogP contribution is -2.51. The summed E-state index contributed by atoms with van der Waals surface area (Å²) in [7, 11) is 1.70. The first kappa shape index (κ1) is 21.6. The third-order valence-electron chi connectivity index (χ3n) is 5.63. The average molecular weight is 457 g/mol. The number of nitrogens with zero attached hydrogens (tertiary/aromatic N) is 4. The topological polar surface area (TPSA) is 75.5 Å². The van der Waals surface area contributed by atoms with Crippen LogP contribution in [0.15, 0.2) is 40.3 Å². The molecule has 1 fully saturated rings. The van der Waals surface area contributed by atoms with Gasteiger partial charge >= 0.3 is 0 Å². The monoisotopic (exact) mass is 456 g/mol. The van der Waals surface area contributed by atoms with Crippen molar-refractivity contribution in [2.24, 2.45) is 7.05 Å². The maximum Gasteiger partial charge on any atom is 0.262 e. The number of aromatic nitrogens is 2. The Morgan fingerprint density at radius 1 is 1.06 bits per heavy atom. The summed E-state index contributed by atoms with van der Waals surface area (Å²) in [6, 6.07) is 9.19. The minimum absolute atomic E-state index is 0.00360. The van der Waals surface area contributed by atoms with Crippen molar-refractivity contribution >= 4 is 45.1 Å². The van der Waals surface area contributed by atoms with Crippen molar-refractivity contribution in [2.45, 2.75) is 19.0 Å². The molecule has 2 amide bonds. The van der Waals surface area contributed by atoms with Crippen LogP contribution in [-0.2, 0) is 11.8 Å². The summed E-state index contributed by atoms with van der Waals surface area (Å²) < 4.78 is 1.52. The fraction of sp³-hybridized carbons (Fsp3) is 0.364. The highest BCUT2D eigenvalue weighted by atomic mass is 32.2. The molecule has 2 aromatic heterocycles. The van der Waals surface area contributed by atoms with Gasteiger partial charge in [-0.3, -0.25) is 19.0 Å². The SMILES string of the molecule is Cc1sc2nc(SCC(=O)N3CCN(C(=O)c4ccccc4)CC3)n(C)c(=O)c2c1C. The highest BCUT2D eigenvalue weighted by molar-refractivity contribution is 7.99. The number of piperazine rings is 1. The van der Waals surface area contributed by atoms with Crippen molar-refractivity contribution in [1.29, 1.82) is 0 Å². The van der Waals surface area contributed by atoms with Crippen molar-refractivity contribution < 1.29 is 9.59 Å². The molecule has 0 aliphatic carbocycles. The van der Waals surface area contributed by atoms with Crippen LogP contribution in [0.1, 0.15) is 20.8 Å². The van der Waals surface area contributed by atoms with E-state index in [2.05, 4.69) is 4.98 Å². The summed E-state index contributed by atoms with van der Waals surface area (Å²) in [5.74, 6) is 0.197. The standard InChI is InChI=1S/C22H24N4O3S2/c1-14-15(2)31-19-18(14)21(29)24(3)22(23-19)30-13-17(27)25-9-11-26(12-10-25)20(28)16-7-5-4-6-8-16/h4-8H,9-13H2,1-3H3. The molecule has 1 aliphatic rings. The molecule has 0 radical (unpaired) electrons. The van der Waals surface area contributed by atoms with E-state index in [1.165, 1.54) is 27.7 Å². The molecular weight excluding hydrogens is 432 g/mol. The van der Waals surface area contributed by atoms with Gasteiger partial charge in [-0.2, -0.15) is 0 Å². The lowest BCUT2D eigenvalue weighted by atomic mass is 10.2. The summed E-state index contributed by atoms with van der Waals surface area (Å²) in [5, 5.41) is 1.21. The van der Waals surface area contributed by atoms with Gasteiger partial charge in [0.1, 0.15) is 4.83 Å². The predicted octanol–water partition coefficient (Wildman–Crippen LogP) is 2.69. The molecule has 0 unspecified atom stereocenters. The van der Waals surface area contributed by atoms with Crippen molar-refractivity contribution in [1.82, 2.24) is 19.4 Å². The van der Waals surface area contributed by atoms with Crippen LogP contribution in [0.4, 0.5) is 0 Å². The first-order valence-corrected chi connectivity index (χ1v) is 11.9. The molecule has 0 spiro atoms. The molecule has 3 aromatic rings. The Morgan fingerprint density at radius 2 is 1.71 bits per heavy atom. The zero-order chi connectivity index (χ0) is 22.1. The normalized spacial score (nSPS) is 14.3. The molecule has 3 heterocycles. The Labute approximate surface area is 188 Å².